The number of hydrogen-bond acceptors (Lipinski definition) is 3. The summed E-state index contributed by atoms with van der Waals surface area (Å²) in [5.41, 5.74) is 2.99. The van der Waals surface area contributed by atoms with Crippen LogP contribution in [0.2, 0.25) is 0 Å². The Hall–Kier alpha value is -0.540. The highest BCUT2D eigenvalue weighted by atomic mass is 16.5. The van der Waals surface area contributed by atoms with Gasteiger partial charge in [-0.05, 0) is 43.6 Å². The number of nitrogens with two attached hydrogens (primary N) is 1. The van der Waals surface area contributed by atoms with Crippen LogP contribution in [0, 0.1) is 11.8 Å². The van der Waals surface area contributed by atoms with Crippen molar-refractivity contribution in [3.8, 4) is 0 Å². The van der Waals surface area contributed by atoms with Crippen LogP contribution >= 0.6 is 0 Å². The van der Waals surface area contributed by atoms with Gasteiger partial charge in [-0.3, -0.25) is 5.84 Å². The molecule has 1 saturated carbocycles. The van der Waals surface area contributed by atoms with Gasteiger partial charge in [-0.15, -0.1) is 0 Å². The average Bonchev–Trinajstić information content (AvgIpc) is 2.41. The SMILES string of the molecule is CCC1CCCC(C(NN)C2=CCCCO2)C1. The van der Waals surface area contributed by atoms with Crippen molar-refractivity contribution in [1.82, 2.24) is 5.43 Å². The van der Waals surface area contributed by atoms with Crippen LogP contribution in [-0.2, 0) is 4.74 Å². The lowest BCUT2D eigenvalue weighted by Gasteiger charge is -2.35. The second-order valence-corrected chi connectivity index (χ2v) is 5.44. The fraction of sp³-hybridized carbons (Fsp3) is 0.857. The van der Waals surface area contributed by atoms with E-state index >= 15 is 0 Å². The van der Waals surface area contributed by atoms with Crippen molar-refractivity contribution in [3.05, 3.63) is 11.8 Å². The lowest BCUT2D eigenvalue weighted by atomic mass is 9.76. The van der Waals surface area contributed by atoms with E-state index in [2.05, 4.69) is 18.4 Å². The highest BCUT2D eigenvalue weighted by Crippen LogP contribution is 2.35. The lowest BCUT2D eigenvalue weighted by Crippen LogP contribution is -2.45. The molecule has 0 aromatic rings. The summed E-state index contributed by atoms with van der Waals surface area (Å²) in [6.45, 7) is 3.16. The maximum absolute atomic E-state index is 5.77. The molecule has 3 N–H and O–H groups in total. The molecule has 0 aromatic carbocycles. The van der Waals surface area contributed by atoms with Crippen LogP contribution < -0.4 is 11.3 Å². The smallest absolute Gasteiger partial charge is 0.111 e. The monoisotopic (exact) mass is 238 g/mol. The quantitative estimate of drug-likeness (QED) is 0.585. The van der Waals surface area contributed by atoms with Gasteiger partial charge in [0.2, 0.25) is 0 Å². The Morgan fingerprint density at radius 1 is 1.47 bits per heavy atom. The van der Waals surface area contributed by atoms with Gasteiger partial charge < -0.3 is 4.74 Å². The third-order valence-corrected chi connectivity index (χ3v) is 4.32. The molecule has 0 amide bonds. The number of nitrogens with one attached hydrogen (secondary N) is 1. The Morgan fingerprint density at radius 3 is 3.00 bits per heavy atom. The molecule has 3 heteroatoms. The second-order valence-electron chi connectivity index (χ2n) is 5.44. The van der Waals surface area contributed by atoms with Crippen molar-refractivity contribution in [3.63, 3.8) is 0 Å². The maximum atomic E-state index is 5.77. The van der Waals surface area contributed by atoms with Crippen molar-refractivity contribution < 1.29 is 4.74 Å². The number of ether oxygens (including phenoxy) is 1. The zero-order valence-electron chi connectivity index (χ0n) is 11.0. The minimum atomic E-state index is 0.240. The van der Waals surface area contributed by atoms with Crippen molar-refractivity contribution in [2.75, 3.05) is 6.61 Å². The summed E-state index contributed by atoms with van der Waals surface area (Å²) in [4.78, 5) is 0. The van der Waals surface area contributed by atoms with E-state index in [1.54, 1.807) is 0 Å². The van der Waals surface area contributed by atoms with Gasteiger partial charge in [-0.25, -0.2) is 5.43 Å². The summed E-state index contributed by atoms with van der Waals surface area (Å²) in [5.74, 6) is 8.39. The Labute approximate surface area is 105 Å². The molecule has 0 radical (unpaired) electrons. The summed E-state index contributed by atoms with van der Waals surface area (Å²) in [6.07, 6.45) is 11.1. The summed E-state index contributed by atoms with van der Waals surface area (Å²) >= 11 is 0. The van der Waals surface area contributed by atoms with E-state index in [9.17, 15) is 0 Å². The maximum Gasteiger partial charge on any atom is 0.111 e. The molecule has 3 nitrogen and oxygen atoms in total. The molecule has 0 bridgehead atoms. The standard InChI is InChI=1S/C14H26N2O/c1-2-11-6-5-7-12(10-11)14(16-15)13-8-3-4-9-17-13/h8,11-12,14,16H,2-7,9-10,15H2,1H3. The van der Waals surface area contributed by atoms with E-state index in [4.69, 9.17) is 10.6 Å². The van der Waals surface area contributed by atoms with Crippen LogP contribution in [0.1, 0.15) is 51.9 Å². The van der Waals surface area contributed by atoms with Crippen molar-refractivity contribution >= 4 is 0 Å². The van der Waals surface area contributed by atoms with E-state index in [1.165, 1.54) is 32.1 Å². The van der Waals surface area contributed by atoms with Gasteiger partial charge in [0, 0.05) is 0 Å². The van der Waals surface area contributed by atoms with E-state index in [0.29, 0.717) is 5.92 Å². The minimum absolute atomic E-state index is 0.240. The van der Waals surface area contributed by atoms with Gasteiger partial charge in [0.05, 0.1) is 12.6 Å². The molecule has 1 aliphatic carbocycles. The van der Waals surface area contributed by atoms with Crippen LogP contribution in [0.4, 0.5) is 0 Å². The first-order valence-electron chi connectivity index (χ1n) is 7.14. The molecule has 0 saturated heterocycles. The van der Waals surface area contributed by atoms with E-state index < -0.39 is 0 Å². The predicted octanol–water partition coefficient (Wildman–Crippen LogP) is 2.73. The number of allylic oxidation sites excluding steroid dienone is 1. The molecule has 1 fully saturated rings. The van der Waals surface area contributed by atoms with Crippen LogP contribution in [-0.4, -0.2) is 12.6 Å². The number of hydrazine groups is 1. The van der Waals surface area contributed by atoms with Crippen LogP contribution in [0.5, 0.6) is 0 Å². The molecular formula is C14H26N2O. The van der Waals surface area contributed by atoms with Gasteiger partial charge in [0.15, 0.2) is 0 Å². The second kappa shape index (κ2) is 6.41. The predicted molar refractivity (Wildman–Crippen MR) is 70.1 cm³/mol. The molecule has 0 aromatic heterocycles. The van der Waals surface area contributed by atoms with Gasteiger partial charge >= 0.3 is 0 Å². The van der Waals surface area contributed by atoms with Gasteiger partial charge in [-0.1, -0.05) is 26.2 Å². The third-order valence-electron chi connectivity index (χ3n) is 4.32. The molecule has 3 unspecified atom stereocenters. The third kappa shape index (κ3) is 3.23. The fourth-order valence-corrected chi connectivity index (χ4v) is 3.25. The molecule has 0 spiro atoms. The molecule has 3 atom stereocenters. The molecule has 98 valence electrons. The van der Waals surface area contributed by atoms with Crippen molar-refractivity contribution in [1.29, 1.82) is 0 Å². The first kappa shape index (κ1) is 12.9. The van der Waals surface area contributed by atoms with Gasteiger partial charge in [0.25, 0.3) is 0 Å². The van der Waals surface area contributed by atoms with Gasteiger partial charge in [0.1, 0.15) is 5.76 Å². The van der Waals surface area contributed by atoms with Crippen molar-refractivity contribution in [2.24, 2.45) is 17.7 Å². The highest BCUT2D eigenvalue weighted by molar-refractivity contribution is 5.07. The lowest BCUT2D eigenvalue weighted by molar-refractivity contribution is 0.128. The summed E-state index contributed by atoms with van der Waals surface area (Å²) in [7, 11) is 0. The minimum Gasteiger partial charge on any atom is -0.497 e. The average molecular weight is 238 g/mol. The normalized spacial score (nSPS) is 31.5. The molecule has 17 heavy (non-hydrogen) atoms. The van der Waals surface area contributed by atoms with Crippen molar-refractivity contribution in [2.45, 2.75) is 57.9 Å². The number of hydrogen-bond donors (Lipinski definition) is 2. The Morgan fingerprint density at radius 2 is 2.35 bits per heavy atom. The highest BCUT2D eigenvalue weighted by Gasteiger charge is 2.30. The Kier molecular flexibility index (Phi) is 4.86. The first-order valence-corrected chi connectivity index (χ1v) is 7.14. The van der Waals surface area contributed by atoms with E-state index in [0.717, 1.165) is 31.1 Å². The molecular weight excluding hydrogens is 212 g/mol. The van der Waals surface area contributed by atoms with E-state index in [1.807, 2.05) is 0 Å². The molecule has 1 heterocycles. The van der Waals surface area contributed by atoms with Crippen LogP contribution in [0.15, 0.2) is 11.8 Å². The first-order chi connectivity index (χ1) is 8.35. The molecule has 2 rings (SSSR count). The zero-order valence-corrected chi connectivity index (χ0v) is 11.0. The molecule has 2 aliphatic rings. The van der Waals surface area contributed by atoms with Gasteiger partial charge in [-0.2, -0.15) is 0 Å². The summed E-state index contributed by atoms with van der Waals surface area (Å²) in [5, 5.41) is 0. The summed E-state index contributed by atoms with van der Waals surface area (Å²) < 4.78 is 5.77. The van der Waals surface area contributed by atoms with Crippen LogP contribution in [0.25, 0.3) is 0 Å². The topological polar surface area (TPSA) is 47.3 Å². The zero-order chi connectivity index (χ0) is 12.1. The van der Waals surface area contributed by atoms with E-state index in [-0.39, 0.29) is 6.04 Å². The molecule has 1 aliphatic heterocycles. The summed E-state index contributed by atoms with van der Waals surface area (Å²) in [6, 6.07) is 0.240. The van der Waals surface area contributed by atoms with Crippen LogP contribution in [0.3, 0.4) is 0 Å². The Bertz CT molecular complexity index is 265. The number of rotatable bonds is 4. The fourth-order valence-electron chi connectivity index (χ4n) is 3.25. The Balaban J connectivity index is 1.99. The largest absolute Gasteiger partial charge is 0.497 e.